The van der Waals surface area contributed by atoms with Crippen LogP contribution in [0.1, 0.15) is 109 Å². The minimum Gasteiger partial charge on any atom is -0.461 e. The van der Waals surface area contributed by atoms with Crippen LogP contribution in [-0.2, 0) is 35.2 Å². The number of carbonyl (C=O) groups is 3. The fourth-order valence-corrected chi connectivity index (χ4v) is 5.74. The van der Waals surface area contributed by atoms with Crippen LogP contribution < -0.4 is 0 Å². The van der Waals surface area contributed by atoms with Crippen LogP contribution in [0.25, 0.3) is 0 Å². The van der Waals surface area contributed by atoms with Crippen LogP contribution in [0, 0.1) is 11.8 Å². The Hall–Kier alpha value is -2.19. The number of ketones is 2. The largest absolute Gasteiger partial charge is 0.461 e. The van der Waals surface area contributed by atoms with Gasteiger partial charge in [-0.25, -0.2) is 0 Å². The van der Waals surface area contributed by atoms with Crippen molar-refractivity contribution >= 4 is 17.5 Å². The highest BCUT2D eigenvalue weighted by Crippen LogP contribution is 2.40. The Balaban J connectivity index is 1.45. The van der Waals surface area contributed by atoms with Crippen molar-refractivity contribution in [3.63, 3.8) is 0 Å². The summed E-state index contributed by atoms with van der Waals surface area (Å²) in [4.78, 5) is 37.4. The number of benzene rings is 1. The second-order valence-electron chi connectivity index (χ2n) is 11.3. The Morgan fingerprint density at radius 2 is 1.77 bits per heavy atom. The van der Waals surface area contributed by atoms with Crippen LogP contribution in [0.3, 0.4) is 0 Å². The summed E-state index contributed by atoms with van der Waals surface area (Å²) in [5.74, 6) is -5.07. The molecule has 3 rings (SSSR count). The van der Waals surface area contributed by atoms with Gasteiger partial charge in [-0.15, -0.1) is 0 Å². The fraction of sp³-hybridized carbons (Fsp3) is 0.719. The van der Waals surface area contributed by atoms with Crippen LogP contribution in [-0.4, -0.2) is 42.5 Å². The van der Waals surface area contributed by atoms with E-state index in [0.717, 1.165) is 44.1 Å². The van der Waals surface area contributed by atoms with Gasteiger partial charge in [0.15, 0.2) is 6.29 Å². The highest BCUT2D eigenvalue weighted by molar-refractivity contribution is 5.86. The second-order valence-corrected chi connectivity index (χ2v) is 11.3. The minimum absolute atomic E-state index is 0.0838. The summed E-state index contributed by atoms with van der Waals surface area (Å²) in [5.41, 5.74) is 0.954. The van der Waals surface area contributed by atoms with E-state index in [1.807, 2.05) is 37.3 Å². The molecule has 224 valence electrons. The number of hydrogen-bond acceptors (Lipinski definition) is 6. The molecule has 1 saturated carbocycles. The van der Waals surface area contributed by atoms with Gasteiger partial charge < -0.3 is 14.2 Å². The van der Waals surface area contributed by atoms with E-state index in [9.17, 15) is 23.2 Å². The van der Waals surface area contributed by atoms with Crippen molar-refractivity contribution in [2.45, 2.75) is 128 Å². The normalized spacial score (nSPS) is 23.3. The standard InChI is InChI=1S/C32H46F2O6/c1-2-3-20-32(33,34)29(36)19-18-26-25(27(35)22-28(26)40-31-17-11-12-21-38-31)15-9-4-5-10-16-30(37)39-23-24-13-7-6-8-14-24/h6-8,13-14,25-26,28,31H,2-5,9-12,15-23H2,1H3/t25?,26-,28-,31?/m1/s1. The highest BCUT2D eigenvalue weighted by Gasteiger charge is 2.45. The fourth-order valence-electron chi connectivity index (χ4n) is 5.74. The lowest BCUT2D eigenvalue weighted by atomic mass is 9.84. The third-order valence-electron chi connectivity index (χ3n) is 8.12. The zero-order valence-electron chi connectivity index (χ0n) is 23.9. The summed E-state index contributed by atoms with van der Waals surface area (Å²) in [6, 6.07) is 9.55. The van der Waals surface area contributed by atoms with Crippen molar-refractivity contribution in [2.24, 2.45) is 11.8 Å². The van der Waals surface area contributed by atoms with Crippen molar-refractivity contribution in [2.75, 3.05) is 6.61 Å². The highest BCUT2D eigenvalue weighted by atomic mass is 19.3. The van der Waals surface area contributed by atoms with Crippen LogP contribution in [0.15, 0.2) is 30.3 Å². The van der Waals surface area contributed by atoms with Crippen molar-refractivity contribution in [1.82, 2.24) is 0 Å². The van der Waals surface area contributed by atoms with E-state index >= 15 is 0 Å². The van der Waals surface area contributed by atoms with Crippen molar-refractivity contribution in [3.8, 4) is 0 Å². The van der Waals surface area contributed by atoms with Gasteiger partial charge in [-0.3, -0.25) is 14.4 Å². The molecule has 0 N–H and O–H groups in total. The topological polar surface area (TPSA) is 78.9 Å². The lowest BCUT2D eigenvalue weighted by molar-refractivity contribution is -0.196. The van der Waals surface area contributed by atoms with Gasteiger partial charge in [-0.2, -0.15) is 8.78 Å². The van der Waals surface area contributed by atoms with Crippen LogP contribution in [0.2, 0.25) is 0 Å². The molecule has 8 heteroatoms. The predicted molar refractivity (Wildman–Crippen MR) is 148 cm³/mol. The minimum atomic E-state index is -3.32. The summed E-state index contributed by atoms with van der Waals surface area (Å²) in [5, 5.41) is 0. The maximum Gasteiger partial charge on any atom is 0.306 e. The first-order valence-corrected chi connectivity index (χ1v) is 15.2. The summed E-state index contributed by atoms with van der Waals surface area (Å²) in [7, 11) is 0. The Morgan fingerprint density at radius 1 is 1.00 bits per heavy atom. The van der Waals surface area contributed by atoms with Gasteiger partial charge in [0.1, 0.15) is 12.4 Å². The quantitative estimate of drug-likeness (QED) is 0.137. The molecule has 0 aromatic heterocycles. The molecule has 0 amide bonds. The molecule has 0 spiro atoms. The van der Waals surface area contributed by atoms with E-state index in [2.05, 4.69) is 0 Å². The Bertz CT molecular complexity index is 915. The molecule has 40 heavy (non-hydrogen) atoms. The third kappa shape index (κ3) is 10.7. The first kappa shape index (κ1) is 32.3. The molecule has 0 bridgehead atoms. The monoisotopic (exact) mass is 564 g/mol. The van der Waals surface area contributed by atoms with E-state index in [-0.39, 0.29) is 55.7 Å². The number of hydrogen-bond donors (Lipinski definition) is 0. The number of unbranched alkanes of at least 4 members (excludes halogenated alkanes) is 4. The lowest BCUT2D eigenvalue weighted by Crippen LogP contribution is -2.33. The van der Waals surface area contributed by atoms with E-state index in [1.165, 1.54) is 0 Å². The van der Waals surface area contributed by atoms with Crippen molar-refractivity contribution in [1.29, 1.82) is 0 Å². The maximum absolute atomic E-state index is 14.3. The van der Waals surface area contributed by atoms with Gasteiger partial charge in [0.2, 0.25) is 5.78 Å². The Labute approximate surface area is 237 Å². The van der Waals surface area contributed by atoms with Crippen molar-refractivity contribution in [3.05, 3.63) is 35.9 Å². The number of esters is 1. The molecule has 6 nitrogen and oxygen atoms in total. The molecule has 1 aromatic carbocycles. The van der Waals surface area contributed by atoms with Crippen LogP contribution in [0.5, 0.6) is 0 Å². The smallest absolute Gasteiger partial charge is 0.306 e. The lowest BCUT2D eigenvalue weighted by Gasteiger charge is -2.30. The van der Waals surface area contributed by atoms with Gasteiger partial charge in [0, 0.05) is 38.2 Å². The molecule has 2 fully saturated rings. The summed E-state index contributed by atoms with van der Waals surface area (Å²) in [6.45, 7) is 2.70. The van der Waals surface area contributed by atoms with Gasteiger partial charge >= 0.3 is 11.9 Å². The number of ether oxygens (including phenoxy) is 3. The van der Waals surface area contributed by atoms with Gasteiger partial charge in [-0.1, -0.05) is 62.9 Å². The second kappa shape index (κ2) is 16.9. The average Bonchev–Trinajstić information content (AvgIpc) is 3.25. The number of alkyl halides is 2. The zero-order valence-corrected chi connectivity index (χ0v) is 23.9. The number of halogens is 2. The molecular formula is C32H46F2O6. The predicted octanol–water partition coefficient (Wildman–Crippen LogP) is 7.36. The molecule has 1 aliphatic carbocycles. The third-order valence-corrected chi connectivity index (χ3v) is 8.12. The van der Waals surface area contributed by atoms with Crippen molar-refractivity contribution < 1.29 is 37.4 Å². The van der Waals surface area contributed by atoms with Crippen LogP contribution >= 0.6 is 0 Å². The first-order valence-electron chi connectivity index (χ1n) is 15.2. The molecule has 0 radical (unpaired) electrons. The van der Waals surface area contributed by atoms with Crippen LogP contribution in [0.4, 0.5) is 8.78 Å². The molecule has 1 aromatic rings. The first-order chi connectivity index (χ1) is 19.3. The molecule has 1 aliphatic heterocycles. The van der Waals surface area contributed by atoms with Gasteiger partial charge in [0.05, 0.1) is 6.10 Å². The number of carbonyl (C=O) groups excluding carboxylic acids is 3. The summed E-state index contributed by atoms with van der Waals surface area (Å²) in [6.07, 6.45) is 6.81. The number of rotatable bonds is 18. The van der Waals surface area contributed by atoms with E-state index < -0.39 is 24.2 Å². The molecule has 1 saturated heterocycles. The molecule has 2 aliphatic rings. The molecule has 1 heterocycles. The van der Waals surface area contributed by atoms with Gasteiger partial charge in [0.25, 0.3) is 0 Å². The molecule has 4 atom stereocenters. The summed E-state index contributed by atoms with van der Waals surface area (Å²) >= 11 is 0. The Kier molecular flexibility index (Phi) is 13.7. The average molecular weight is 565 g/mol. The number of Topliss-reactive ketones (excluding diaryl/α,β-unsaturated/α-hetero) is 2. The SMILES string of the molecule is CCCCC(F)(F)C(=O)CC[C@@H]1C(CCCCCCC(=O)OCc2ccccc2)C(=O)C[C@H]1OC1CCCCO1. The summed E-state index contributed by atoms with van der Waals surface area (Å²) < 4.78 is 45.9. The molecular weight excluding hydrogens is 518 g/mol. The van der Waals surface area contributed by atoms with Gasteiger partial charge in [-0.05, 0) is 56.4 Å². The zero-order chi connectivity index (χ0) is 28.8. The molecule has 2 unspecified atom stereocenters. The maximum atomic E-state index is 14.3. The van der Waals surface area contributed by atoms with E-state index in [0.29, 0.717) is 38.7 Å². The van der Waals surface area contributed by atoms with E-state index in [4.69, 9.17) is 14.2 Å². The van der Waals surface area contributed by atoms with E-state index in [1.54, 1.807) is 0 Å². The Morgan fingerprint density at radius 3 is 2.50 bits per heavy atom.